The van der Waals surface area contributed by atoms with Crippen LogP contribution in [0.1, 0.15) is 6.92 Å². The van der Waals surface area contributed by atoms with Crippen molar-refractivity contribution in [2.24, 2.45) is 0 Å². The molecule has 3 N–H and O–H groups in total. The molecule has 0 saturated carbocycles. The molecule has 1 saturated heterocycles. The average Bonchev–Trinajstić information content (AvgIpc) is 3.17. The first kappa shape index (κ1) is 20.9. The molecule has 0 unspecified atom stereocenters. The Kier molecular flexibility index (Phi) is 6.95. The molecule has 1 aromatic carbocycles. The summed E-state index contributed by atoms with van der Waals surface area (Å²) in [4.78, 5) is 6.54. The van der Waals surface area contributed by atoms with Crippen LogP contribution in [0.4, 0.5) is 5.95 Å². The van der Waals surface area contributed by atoms with Crippen molar-refractivity contribution in [1.29, 1.82) is 0 Å². The third kappa shape index (κ3) is 4.47. The smallest absolute Gasteiger partial charge is 0.245 e. The number of halogens is 2. The van der Waals surface area contributed by atoms with Crippen LogP contribution in [0.15, 0.2) is 36.8 Å². The molecule has 10 heteroatoms. The van der Waals surface area contributed by atoms with Gasteiger partial charge in [0.1, 0.15) is 11.4 Å². The van der Waals surface area contributed by atoms with Gasteiger partial charge in [-0.05, 0) is 24.6 Å². The minimum absolute atomic E-state index is 0. The Labute approximate surface area is 169 Å². The quantitative estimate of drug-likeness (QED) is 0.609. The van der Waals surface area contributed by atoms with Crippen molar-refractivity contribution in [2.75, 3.05) is 24.5 Å². The molecule has 0 spiro atoms. The predicted octanol–water partition coefficient (Wildman–Crippen LogP) is 2.28. The third-order valence-corrected chi connectivity index (χ3v) is 4.31. The Morgan fingerprint density at radius 2 is 2.00 bits per heavy atom. The first-order valence-electron chi connectivity index (χ1n) is 8.21. The van der Waals surface area contributed by atoms with E-state index in [1.807, 2.05) is 12.1 Å². The number of piperazine rings is 1. The number of benzene rings is 1. The van der Waals surface area contributed by atoms with Crippen molar-refractivity contribution in [3.8, 4) is 28.1 Å². The van der Waals surface area contributed by atoms with Gasteiger partial charge in [-0.15, -0.1) is 35.0 Å². The van der Waals surface area contributed by atoms with Crippen molar-refractivity contribution >= 4 is 30.8 Å². The highest BCUT2D eigenvalue weighted by Crippen LogP contribution is 2.31. The Morgan fingerprint density at radius 3 is 2.63 bits per heavy atom. The van der Waals surface area contributed by atoms with Crippen LogP contribution < -0.4 is 10.2 Å². The number of phenolic OH excluding ortho intramolecular Hbond substituents is 1. The Morgan fingerprint density at radius 1 is 1.15 bits per heavy atom. The summed E-state index contributed by atoms with van der Waals surface area (Å²) in [5.41, 5.74) is 2.94. The Bertz CT molecular complexity index is 858. The van der Waals surface area contributed by atoms with Gasteiger partial charge in [0, 0.05) is 43.0 Å². The first-order valence-corrected chi connectivity index (χ1v) is 8.21. The van der Waals surface area contributed by atoms with E-state index in [2.05, 4.69) is 42.5 Å². The van der Waals surface area contributed by atoms with Gasteiger partial charge >= 0.3 is 0 Å². The molecule has 3 aromatic rings. The van der Waals surface area contributed by atoms with Crippen LogP contribution in [-0.2, 0) is 0 Å². The molecule has 144 valence electrons. The van der Waals surface area contributed by atoms with Crippen molar-refractivity contribution < 1.29 is 5.11 Å². The van der Waals surface area contributed by atoms with Gasteiger partial charge in [0.05, 0.1) is 12.4 Å². The van der Waals surface area contributed by atoms with E-state index >= 15 is 0 Å². The van der Waals surface area contributed by atoms with Gasteiger partial charge in [-0.3, -0.25) is 5.10 Å². The maximum atomic E-state index is 10.4. The molecule has 27 heavy (non-hydrogen) atoms. The molecule has 1 aliphatic heterocycles. The van der Waals surface area contributed by atoms with Crippen LogP contribution in [0.5, 0.6) is 5.75 Å². The van der Waals surface area contributed by atoms with Crippen molar-refractivity contribution in [3.05, 3.63) is 36.8 Å². The van der Waals surface area contributed by atoms with Crippen molar-refractivity contribution in [1.82, 2.24) is 30.7 Å². The van der Waals surface area contributed by atoms with Gasteiger partial charge in [0.15, 0.2) is 0 Å². The van der Waals surface area contributed by atoms with Crippen LogP contribution in [0.3, 0.4) is 0 Å². The molecule has 1 aliphatic rings. The number of nitrogens with zero attached hydrogens (tertiary/aromatic N) is 5. The number of phenols is 1. The summed E-state index contributed by atoms with van der Waals surface area (Å²) < 4.78 is 0. The number of H-pyrrole nitrogens is 1. The van der Waals surface area contributed by atoms with E-state index in [4.69, 9.17) is 0 Å². The molecule has 2 aromatic heterocycles. The topological polar surface area (TPSA) is 103 Å². The van der Waals surface area contributed by atoms with Gasteiger partial charge in [-0.1, -0.05) is 6.07 Å². The Balaban J connectivity index is 0.00000131. The number of hydrogen-bond acceptors (Lipinski definition) is 7. The number of aromatic amines is 1. The lowest BCUT2D eigenvalue weighted by Crippen LogP contribution is -2.49. The number of nitrogens with one attached hydrogen (secondary N) is 2. The molecule has 0 amide bonds. The second-order valence-corrected chi connectivity index (χ2v) is 6.16. The van der Waals surface area contributed by atoms with Crippen LogP contribution >= 0.6 is 24.8 Å². The first-order chi connectivity index (χ1) is 12.2. The number of aromatic hydroxyl groups is 1. The van der Waals surface area contributed by atoms with Gasteiger partial charge in [0.2, 0.25) is 5.95 Å². The van der Waals surface area contributed by atoms with E-state index in [1.54, 1.807) is 24.7 Å². The molecule has 3 heterocycles. The standard InChI is InChI=1S/C17H19N7O.2ClH/c1-11-10-24(5-4-18-11)17-19-9-15(22-23-17)14-3-2-12(6-16(14)25)13-7-20-21-8-13;;/h2-3,6-9,11,18,25H,4-5,10H2,1H3,(H,20,21);2*1H/t11-;;/m1../s1. The predicted molar refractivity (Wildman–Crippen MR) is 109 cm³/mol. The molecule has 0 bridgehead atoms. The zero-order valence-electron chi connectivity index (χ0n) is 14.7. The van der Waals surface area contributed by atoms with E-state index in [0.29, 0.717) is 23.2 Å². The van der Waals surface area contributed by atoms with E-state index in [0.717, 1.165) is 30.8 Å². The molecule has 4 rings (SSSR count). The normalized spacial score (nSPS) is 16.3. The van der Waals surface area contributed by atoms with Crippen LogP contribution in [-0.4, -0.2) is 56.2 Å². The molecule has 0 radical (unpaired) electrons. The Hall–Kier alpha value is -2.42. The summed E-state index contributed by atoms with van der Waals surface area (Å²) in [5, 5.41) is 28.9. The SMILES string of the molecule is C[C@@H]1CN(c2ncc(-c3ccc(-c4cn[nH]c4)cc3O)nn2)CCN1.Cl.Cl. The summed E-state index contributed by atoms with van der Waals surface area (Å²) in [5.74, 6) is 0.755. The monoisotopic (exact) mass is 409 g/mol. The van der Waals surface area contributed by atoms with Gasteiger partial charge in [0.25, 0.3) is 0 Å². The van der Waals surface area contributed by atoms with Gasteiger partial charge < -0.3 is 15.3 Å². The summed E-state index contributed by atoms with van der Waals surface area (Å²) in [6.45, 7) is 4.75. The van der Waals surface area contributed by atoms with Gasteiger partial charge in [-0.25, -0.2) is 4.98 Å². The van der Waals surface area contributed by atoms with E-state index in [9.17, 15) is 5.11 Å². The summed E-state index contributed by atoms with van der Waals surface area (Å²) in [7, 11) is 0. The van der Waals surface area contributed by atoms with E-state index in [-0.39, 0.29) is 30.6 Å². The minimum Gasteiger partial charge on any atom is -0.507 e. The third-order valence-electron chi connectivity index (χ3n) is 4.31. The molecule has 0 aliphatic carbocycles. The fourth-order valence-electron chi connectivity index (χ4n) is 2.99. The summed E-state index contributed by atoms with van der Waals surface area (Å²) in [6, 6.07) is 5.81. The number of anilines is 1. The fraction of sp³-hybridized carbons (Fsp3) is 0.294. The van der Waals surface area contributed by atoms with Crippen molar-refractivity contribution in [2.45, 2.75) is 13.0 Å². The zero-order chi connectivity index (χ0) is 17.2. The highest BCUT2D eigenvalue weighted by molar-refractivity contribution is 5.85. The number of rotatable bonds is 3. The molecular weight excluding hydrogens is 389 g/mol. The average molecular weight is 410 g/mol. The number of aromatic nitrogens is 5. The molecule has 8 nitrogen and oxygen atoms in total. The fourth-order valence-corrected chi connectivity index (χ4v) is 2.99. The summed E-state index contributed by atoms with van der Waals surface area (Å²) >= 11 is 0. The van der Waals surface area contributed by atoms with Gasteiger partial charge in [-0.2, -0.15) is 5.10 Å². The molecule has 1 atom stereocenters. The van der Waals surface area contributed by atoms with Crippen LogP contribution in [0, 0.1) is 0 Å². The lowest BCUT2D eigenvalue weighted by atomic mass is 10.0. The highest BCUT2D eigenvalue weighted by Gasteiger charge is 2.18. The zero-order valence-corrected chi connectivity index (χ0v) is 16.3. The van der Waals surface area contributed by atoms with E-state index in [1.165, 1.54) is 0 Å². The lowest BCUT2D eigenvalue weighted by molar-refractivity contribution is 0.476. The minimum atomic E-state index is 0. The highest BCUT2D eigenvalue weighted by atomic mass is 35.5. The maximum Gasteiger partial charge on any atom is 0.245 e. The largest absolute Gasteiger partial charge is 0.507 e. The van der Waals surface area contributed by atoms with E-state index < -0.39 is 0 Å². The van der Waals surface area contributed by atoms with Crippen molar-refractivity contribution in [3.63, 3.8) is 0 Å². The second kappa shape index (κ2) is 8.98. The maximum absolute atomic E-state index is 10.4. The van der Waals surface area contributed by atoms with Crippen LogP contribution in [0.25, 0.3) is 22.4 Å². The summed E-state index contributed by atoms with van der Waals surface area (Å²) in [6.07, 6.45) is 5.14. The second-order valence-electron chi connectivity index (χ2n) is 6.16. The number of hydrogen-bond donors (Lipinski definition) is 3. The molecule has 1 fully saturated rings. The lowest BCUT2D eigenvalue weighted by Gasteiger charge is -2.31. The van der Waals surface area contributed by atoms with Crippen LogP contribution in [0.2, 0.25) is 0 Å². The molecular formula is C17H21Cl2N7O.